The Morgan fingerprint density at radius 1 is 0.413 bits per heavy atom. The first kappa shape index (κ1) is 117. The van der Waals surface area contributed by atoms with E-state index in [1.165, 1.54) is 50.3 Å². The highest BCUT2D eigenvalue weighted by atomic mass is 127. The van der Waals surface area contributed by atoms with E-state index in [0.717, 1.165) is 207 Å². The molecule has 150 heavy (non-hydrogen) atoms. The van der Waals surface area contributed by atoms with E-state index in [1.807, 2.05) is 145 Å². The number of amides is 2. The van der Waals surface area contributed by atoms with Crippen LogP contribution in [0.15, 0.2) is 212 Å². The fourth-order valence-corrected chi connectivity index (χ4v) is 25.6. The van der Waals surface area contributed by atoms with Crippen LogP contribution in [-0.4, -0.2) is 207 Å². The summed E-state index contributed by atoms with van der Waals surface area (Å²) in [5.74, 6) is 1.87. The second-order valence-corrected chi connectivity index (χ2v) is 50.5. The number of furan rings is 1. The molecule has 0 bridgehead atoms. The number of aldehydes is 1. The van der Waals surface area contributed by atoms with Gasteiger partial charge in [-0.15, -0.1) is 45.3 Å². The minimum absolute atomic E-state index is 0. The number of carbonyl (C=O) groups is 4. The SMILES string of the molecule is Brc1ccc2oc(I)cc2c1.Brc1ccc2sc(N3CCNCC3)cc2c1.CC(C)(C)OC(=O)N1CCN(c2cc3cc(Br)ccc3s2)CC1.CC(C)(C)OC(=O)N1CCNCC1.CC(C)c1onc(-c2c(Cl)cccc2Cl)c1C=O.CC(C)c1onc(-c2c(Cl)cccc2Cl)c1CN1CCN(c2cc3cc(Br)ccc3s2)CC1.CC(C)c1onc(-c2c(Cl)cccc2Cl)c1CN1CCN(c2cc3cc(C(=O)O)ccc3s2)CC1.[CH3-]. The molecule has 796 valence electrons. The molecule has 2 amide bonds. The number of fused-ring (bicyclic) bond motifs is 5. The second-order valence-electron chi connectivity index (χ2n) is 39.0. The predicted molar refractivity (Wildman–Crippen MR) is 645 cm³/mol. The number of hydrogen-bond donors (Lipinski definition) is 3. The van der Waals surface area contributed by atoms with Crippen LogP contribution in [0.1, 0.15) is 150 Å². The van der Waals surface area contributed by atoms with Gasteiger partial charge in [-0.05, 0) is 243 Å². The fraction of sp³-hybridized carbons (Fsp3) is 0.351. The number of nitrogens with one attached hydrogen (secondary N) is 2. The number of hydrogen-bond acceptors (Lipinski definition) is 25. The molecule has 0 unspecified atom stereocenters. The Hall–Kier alpha value is -8.12. The molecule has 5 aliphatic heterocycles. The summed E-state index contributed by atoms with van der Waals surface area (Å²) in [6.07, 6.45) is 0.312. The molecule has 8 aromatic heterocycles. The molecule has 3 N–H and O–H groups in total. The topological polar surface area (TPSA) is 248 Å². The number of benzene rings is 8. The van der Waals surface area contributed by atoms with Crippen LogP contribution in [0, 0.1) is 11.2 Å². The minimum atomic E-state index is -0.903. The van der Waals surface area contributed by atoms with Gasteiger partial charge in [0.1, 0.15) is 51.1 Å². The number of carbonyl (C=O) groups excluding carboxylic acids is 3. The van der Waals surface area contributed by atoms with Gasteiger partial charge in [-0.2, -0.15) is 0 Å². The van der Waals surface area contributed by atoms with Crippen molar-refractivity contribution in [3.05, 3.63) is 275 Å². The van der Waals surface area contributed by atoms with E-state index in [4.69, 9.17) is 97.1 Å². The Morgan fingerprint density at radius 3 is 1.09 bits per heavy atom. The summed E-state index contributed by atoms with van der Waals surface area (Å²) in [5.41, 5.74) is 6.81. The molecule has 0 aliphatic carbocycles. The monoisotopic (exact) mass is 2590 g/mol. The van der Waals surface area contributed by atoms with Crippen molar-refractivity contribution in [2.75, 3.05) is 150 Å². The van der Waals surface area contributed by atoms with Gasteiger partial charge in [0.05, 0.1) is 61.3 Å². The fourth-order valence-electron chi connectivity index (χ4n) is 17.4. The molecule has 5 fully saturated rings. The first-order valence-corrected chi connectivity index (χ1v) is 58.7. The normalized spacial score (nSPS) is 14.8. The molecule has 0 radical (unpaired) electrons. The van der Waals surface area contributed by atoms with Crippen LogP contribution in [0.25, 0.3) is 85.1 Å². The summed E-state index contributed by atoms with van der Waals surface area (Å²) in [7, 11) is 0. The molecule has 16 aromatic rings. The molecule has 5 aliphatic rings. The van der Waals surface area contributed by atoms with Gasteiger partial charge in [-0.3, -0.25) is 14.6 Å². The number of carboxylic acids is 1. The molecule has 5 saturated heterocycles. The lowest BCUT2D eigenvalue weighted by Crippen LogP contribution is -2.49. The van der Waals surface area contributed by atoms with Crippen molar-refractivity contribution in [2.24, 2.45) is 0 Å². The minimum Gasteiger partial charge on any atom is -0.478 e. The van der Waals surface area contributed by atoms with Crippen molar-refractivity contribution in [1.82, 2.24) is 45.7 Å². The molecule has 0 spiro atoms. The number of nitrogens with zero attached hydrogens (tertiary/aromatic N) is 11. The summed E-state index contributed by atoms with van der Waals surface area (Å²) in [6.45, 7) is 43.2. The van der Waals surface area contributed by atoms with Gasteiger partial charge in [0, 0.05) is 232 Å². The van der Waals surface area contributed by atoms with Gasteiger partial charge in [-0.25, -0.2) is 14.4 Å². The standard InChI is InChI=1S/C26H25Cl2N3O3S.C25H24BrCl2N3OS.C17H21BrN2O2S.C13H11Cl2NO2.C12H13BrN2S.C9H18N2O2.C8H4BrIO.CH3/c1-15(2)25-18(24(29-34-25)23-19(27)4-3-5-20(23)28)14-30-8-10-31(11-9-30)22-13-17-12-16(26(32)33)6-7-21(17)35-22;1-15(2)25-18(24(29-32-25)23-19(27)4-3-5-20(23)28)14-30-8-10-31(11-9-30)22-13-16-12-17(26)6-7-21(16)33-22;1-17(2,3)22-16(21)20-8-6-19(7-9-20)15-11-12-10-13(18)4-5-14(12)23-15;1-7(2)13-8(6-17)12(16-18-13)11-9(14)4-3-5-10(11)15;13-10-1-2-11-9(7-10)8-12(16-11)15-5-3-14-4-6-15;1-9(2,3)13-8(12)11-6-4-10-5-7-11;9-6-1-2-7-5(3-6)4-8(10)11-7;/h3-7,12-13,15H,8-11,14H2,1-2H3,(H,32,33);3-7,12-13,15H,8-11,14H2,1-2H3;4-5,10-11H,6-9H2,1-3H3;3-7H,1-2H3;1-2,7-8,14H,3-6H2;10H,4-7H2,1-3H3;1-4H;1H3/q;;;;;;;-1. The molecule has 0 atom stereocenters. The first-order chi connectivity index (χ1) is 71.2. The van der Waals surface area contributed by atoms with Gasteiger partial charge in [0.2, 0.25) is 0 Å². The number of aromatic nitrogens is 3. The molecule has 8 aromatic carbocycles. The third-order valence-electron chi connectivity index (χ3n) is 24.8. The summed E-state index contributed by atoms with van der Waals surface area (Å²) in [6, 6.07) is 57.7. The molecular formula is C111H119Br4Cl6IN13O11S4-. The van der Waals surface area contributed by atoms with E-state index in [1.54, 1.807) is 62.8 Å². The van der Waals surface area contributed by atoms with Crippen LogP contribution in [-0.2, 0) is 22.6 Å². The highest BCUT2D eigenvalue weighted by molar-refractivity contribution is 14.1. The summed E-state index contributed by atoms with van der Waals surface area (Å²) >= 11 is 61.6. The van der Waals surface area contributed by atoms with Crippen molar-refractivity contribution in [1.29, 1.82) is 0 Å². The average Bonchev–Trinajstić information content (AvgIpc) is 1.63. The Bertz CT molecular complexity index is 7290. The van der Waals surface area contributed by atoms with Crippen LogP contribution >= 0.6 is 201 Å². The Labute approximate surface area is 968 Å². The Kier molecular flexibility index (Phi) is 41.9. The van der Waals surface area contributed by atoms with Crippen molar-refractivity contribution in [3.63, 3.8) is 0 Å². The van der Waals surface area contributed by atoms with E-state index in [9.17, 15) is 24.3 Å². The second kappa shape index (κ2) is 53.6. The van der Waals surface area contributed by atoms with Gasteiger partial charge >= 0.3 is 18.2 Å². The van der Waals surface area contributed by atoms with E-state index >= 15 is 0 Å². The number of aromatic carboxylic acids is 1. The first-order valence-electron chi connectivity index (χ1n) is 48.9. The Balaban J connectivity index is 0.000000143. The molecule has 0 saturated carbocycles. The van der Waals surface area contributed by atoms with Crippen molar-refractivity contribution >= 4 is 297 Å². The zero-order valence-electron chi connectivity index (χ0n) is 85.3. The van der Waals surface area contributed by atoms with Crippen LogP contribution in [0.4, 0.5) is 29.6 Å². The van der Waals surface area contributed by atoms with E-state index < -0.39 is 11.6 Å². The van der Waals surface area contributed by atoms with Crippen LogP contribution in [0.2, 0.25) is 30.1 Å². The molecule has 24 nitrogen and oxygen atoms in total. The average molecular weight is 2600 g/mol. The highest BCUT2D eigenvalue weighted by Gasteiger charge is 2.34. The zero-order chi connectivity index (χ0) is 106. The third kappa shape index (κ3) is 30.8. The van der Waals surface area contributed by atoms with E-state index in [-0.39, 0.29) is 43.0 Å². The largest absolute Gasteiger partial charge is 0.478 e. The predicted octanol–water partition coefficient (Wildman–Crippen LogP) is 32.5. The van der Waals surface area contributed by atoms with Gasteiger partial charge < -0.3 is 80.0 Å². The number of piperazine rings is 5. The number of rotatable bonds is 16. The van der Waals surface area contributed by atoms with Crippen molar-refractivity contribution in [2.45, 2.75) is 125 Å². The lowest BCUT2D eigenvalue weighted by molar-refractivity contribution is 0.0223. The summed E-state index contributed by atoms with van der Waals surface area (Å²) < 4.78 is 43.3. The zero-order valence-corrected chi connectivity index (χ0v) is 102. The maximum Gasteiger partial charge on any atom is 0.410 e. The highest BCUT2D eigenvalue weighted by Crippen LogP contribution is 2.46. The maximum atomic E-state index is 12.1. The van der Waals surface area contributed by atoms with E-state index in [0.29, 0.717) is 89.2 Å². The lowest BCUT2D eigenvalue weighted by atomic mass is 10.00. The molecule has 21 rings (SSSR count). The number of thiophene rings is 4. The number of carboxylic acid groups (broad SMARTS) is 1. The van der Waals surface area contributed by atoms with Gasteiger partial charge in [-0.1, -0.05) is 209 Å². The maximum absolute atomic E-state index is 12.1. The van der Waals surface area contributed by atoms with Crippen LogP contribution < -0.4 is 30.2 Å². The van der Waals surface area contributed by atoms with Crippen LogP contribution in [0.5, 0.6) is 0 Å². The molecular weight excluding hydrogens is 2480 g/mol. The molecule has 13 heterocycles. The van der Waals surface area contributed by atoms with Crippen molar-refractivity contribution in [3.8, 4) is 33.8 Å². The quantitative estimate of drug-likeness (QED) is 0.0462. The van der Waals surface area contributed by atoms with Gasteiger partial charge in [0.15, 0.2) is 10.1 Å². The molecule has 39 heteroatoms. The van der Waals surface area contributed by atoms with Crippen molar-refractivity contribution < 1.29 is 51.7 Å². The number of anilines is 4. The van der Waals surface area contributed by atoms with Crippen LogP contribution in [0.3, 0.4) is 0 Å². The number of halogens is 11. The summed E-state index contributed by atoms with van der Waals surface area (Å²) in [5, 5.41) is 42.9. The van der Waals surface area contributed by atoms with E-state index in [2.05, 4.69) is 248 Å². The van der Waals surface area contributed by atoms with Gasteiger partial charge in [0.25, 0.3) is 0 Å². The smallest absolute Gasteiger partial charge is 0.410 e. The Morgan fingerprint density at radius 2 is 0.727 bits per heavy atom. The number of ether oxygens (including phenoxy) is 2. The third-order valence-corrected chi connectivity index (χ3v) is 34.0. The summed E-state index contributed by atoms with van der Waals surface area (Å²) in [4.78, 5) is 64.2. The lowest BCUT2D eigenvalue weighted by Gasteiger charge is -2.36.